The minimum absolute atomic E-state index is 0.0362. The summed E-state index contributed by atoms with van der Waals surface area (Å²) in [6, 6.07) is 1.83. The number of pyridine rings is 1. The molecule has 0 unspecified atom stereocenters. The molecule has 4 heterocycles. The van der Waals surface area contributed by atoms with Crippen molar-refractivity contribution in [1.29, 1.82) is 0 Å². The van der Waals surface area contributed by atoms with Gasteiger partial charge in [0.1, 0.15) is 0 Å². The third-order valence-corrected chi connectivity index (χ3v) is 5.09. The topological polar surface area (TPSA) is 84.6 Å². The molecule has 1 N–H and O–H groups in total. The Morgan fingerprint density at radius 2 is 2.07 bits per heavy atom. The van der Waals surface area contributed by atoms with E-state index in [1.54, 1.807) is 31.8 Å². The fraction of sp³-hybridized carbons (Fsp3) is 0.333. The number of rotatable bonds is 4. The highest BCUT2D eigenvalue weighted by Crippen LogP contribution is 2.31. The number of methoxy groups -OCH3 is 1. The molecule has 1 aliphatic heterocycles. The number of halogens is 1. The van der Waals surface area contributed by atoms with Gasteiger partial charge in [0.2, 0.25) is 11.7 Å². The zero-order chi connectivity index (χ0) is 19.1. The molecular weight excluding hydrogens is 368 g/mol. The first-order valence-corrected chi connectivity index (χ1v) is 8.90. The average Bonchev–Trinajstić information content (AvgIpc) is 2.92. The van der Waals surface area contributed by atoms with Crippen LogP contribution in [0.15, 0.2) is 24.7 Å². The highest BCUT2D eigenvalue weighted by atomic mass is 35.5. The van der Waals surface area contributed by atoms with Crippen molar-refractivity contribution < 1.29 is 9.53 Å². The van der Waals surface area contributed by atoms with Gasteiger partial charge in [-0.2, -0.15) is 0 Å². The Kier molecular flexibility index (Phi) is 4.35. The van der Waals surface area contributed by atoms with Gasteiger partial charge in [0, 0.05) is 37.2 Å². The lowest BCUT2D eigenvalue weighted by atomic mass is 10.1. The summed E-state index contributed by atoms with van der Waals surface area (Å²) in [4.78, 5) is 27.3. The summed E-state index contributed by atoms with van der Waals surface area (Å²) in [5, 5.41) is 3.58. The van der Waals surface area contributed by atoms with E-state index < -0.39 is 0 Å². The highest BCUT2D eigenvalue weighted by molar-refractivity contribution is 6.33. The van der Waals surface area contributed by atoms with Crippen LogP contribution in [0.5, 0.6) is 5.88 Å². The van der Waals surface area contributed by atoms with Gasteiger partial charge in [-0.3, -0.25) is 9.20 Å². The van der Waals surface area contributed by atoms with Crippen molar-refractivity contribution in [2.24, 2.45) is 0 Å². The SMILES string of the molecule is COc1cc(N2CC(NC(=O)c3cnc4nc(C)c(C)n4c3)C2)c(Cl)cn1. The Balaban J connectivity index is 1.43. The maximum Gasteiger partial charge on any atom is 0.254 e. The van der Waals surface area contributed by atoms with Crippen molar-refractivity contribution in [3.8, 4) is 5.88 Å². The van der Waals surface area contributed by atoms with Crippen LogP contribution >= 0.6 is 11.6 Å². The number of hydrogen-bond donors (Lipinski definition) is 1. The van der Waals surface area contributed by atoms with Gasteiger partial charge in [-0.1, -0.05) is 11.6 Å². The lowest BCUT2D eigenvalue weighted by Gasteiger charge is -2.41. The first kappa shape index (κ1) is 17.5. The molecule has 4 rings (SSSR count). The van der Waals surface area contributed by atoms with Crippen LogP contribution in [0.25, 0.3) is 5.78 Å². The number of carbonyl (C=O) groups excluding carboxylic acids is 1. The number of aryl methyl sites for hydroxylation is 2. The normalized spacial score (nSPS) is 14.3. The quantitative estimate of drug-likeness (QED) is 0.738. The van der Waals surface area contributed by atoms with E-state index in [1.807, 2.05) is 18.2 Å². The van der Waals surface area contributed by atoms with Crippen molar-refractivity contribution >= 4 is 29.0 Å². The molecule has 8 nitrogen and oxygen atoms in total. The number of ether oxygens (including phenoxy) is 1. The molecule has 1 saturated heterocycles. The van der Waals surface area contributed by atoms with Crippen LogP contribution in [0.1, 0.15) is 21.7 Å². The summed E-state index contributed by atoms with van der Waals surface area (Å²) in [6.07, 6.45) is 4.89. The molecule has 3 aromatic rings. The maximum atomic E-state index is 12.6. The van der Waals surface area contributed by atoms with Crippen LogP contribution in [0.4, 0.5) is 5.69 Å². The highest BCUT2D eigenvalue weighted by Gasteiger charge is 2.30. The molecule has 9 heteroatoms. The van der Waals surface area contributed by atoms with Crippen molar-refractivity contribution in [1.82, 2.24) is 24.7 Å². The number of nitrogens with zero attached hydrogens (tertiary/aromatic N) is 5. The molecule has 1 aliphatic rings. The Hall–Kier alpha value is -2.87. The standard InChI is InChI=1S/C18H19ClN6O2/c1-10-11(2)25-7-12(5-21-18(25)22-10)17(26)23-13-8-24(9-13)15-4-16(27-3)20-6-14(15)19/h4-7,13H,8-9H2,1-3H3,(H,23,26). The maximum absolute atomic E-state index is 12.6. The van der Waals surface area contributed by atoms with Crippen LogP contribution in [0.2, 0.25) is 5.02 Å². The number of aromatic nitrogens is 4. The molecule has 1 fully saturated rings. The second-order valence-corrected chi connectivity index (χ2v) is 6.96. The predicted octanol–water partition coefficient (Wildman–Crippen LogP) is 2.02. The number of anilines is 1. The largest absolute Gasteiger partial charge is 0.481 e. The van der Waals surface area contributed by atoms with E-state index in [1.165, 1.54) is 0 Å². The van der Waals surface area contributed by atoms with Crippen LogP contribution < -0.4 is 15.0 Å². The fourth-order valence-electron chi connectivity index (χ4n) is 3.07. The van der Waals surface area contributed by atoms with E-state index in [0.29, 0.717) is 35.3 Å². The number of hydrogen-bond acceptors (Lipinski definition) is 6. The first-order chi connectivity index (χ1) is 13.0. The van der Waals surface area contributed by atoms with Crippen LogP contribution in [0.3, 0.4) is 0 Å². The zero-order valence-electron chi connectivity index (χ0n) is 15.2. The zero-order valence-corrected chi connectivity index (χ0v) is 16.0. The molecule has 0 atom stereocenters. The van der Waals surface area contributed by atoms with E-state index in [2.05, 4.69) is 25.2 Å². The van der Waals surface area contributed by atoms with E-state index in [0.717, 1.165) is 17.1 Å². The summed E-state index contributed by atoms with van der Waals surface area (Å²) in [5.74, 6) is 0.947. The van der Waals surface area contributed by atoms with Crippen LogP contribution in [0, 0.1) is 13.8 Å². The van der Waals surface area contributed by atoms with E-state index >= 15 is 0 Å². The van der Waals surface area contributed by atoms with E-state index in [-0.39, 0.29) is 11.9 Å². The summed E-state index contributed by atoms with van der Waals surface area (Å²) >= 11 is 6.22. The number of imidazole rings is 1. The predicted molar refractivity (Wildman–Crippen MR) is 102 cm³/mol. The molecule has 0 bridgehead atoms. The number of carbonyl (C=O) groups is 1. The van der Waals surface area contributed by atoms with Gasteiger partial charge in [-0.05, 0) is 13.8 Å². The monoisotopic (exact) mass is 386 g/mol. The van der Waals surface area contributed by atoms with E-state index in [9.17, 15) is 4.79 Å². The molecule has 0 aliphatic carbocycles. The van der Waals surface area contributed by atoms with E-state index in [4.69, 9.17) is 16.3 Å². The molecular formula is C18H19ClN6O2. The molecule has 27 heavy (non-hydrogen) atoms. The van der Waals surface area contributed by atoms with Gasteiger partial charge in [-0.15, -0.1) is 0 Å². The summed E-state index contributed by atoms with van der Waals surface area (Å²) in [7, 11) is 1.56. The minimum atomic E-state index is -0.154. The number of amides is 1. The summed E-state index contributed by atoms with van der Waals surface area (Å²) in [6.45, 7) is 5.20. The molecule has 0 saturated carbocycles. The Bertz CT molecular complexity index is 1030. The van der Waals surface area contributed by atoms with Gasteiger partial charge in [-0.25, -0.2) is 15.0 Å². The third-order valence-electron chi connectivity index (χ3n) is 4.79. The third kappa shape index (κ3) is 3.16. The molecule has 3 aromatic heterocycles. The van der Waals surface area contributed by atoms with Crippen molar-refractivity contribution in [2.75, 3.05) is 25.1 Å². The molecule has 0 radical (unpaired) electrons. The first-order valence-electron chi connectivity index (χ1n) is 8.53. The fourth-order valence-corrected chi connectivity index (χ4v) is 3.29. The average molecular weight is 387 g/mol. The Morgan fingerprint density at radius 1 is 1.30 bits per heavy atom. The number of nitrogens with one attached hydrogen (secondary N) is 1. The lowest BCUT2D eigenvalue weighted by Crippen LogP contribution is -2.59. The second kappa shape index (κ2) is 6.70. The van der Waals surface area contributed by atoms with Gasteiger partial charge in [0.15, 0.2) is 0 Å². The number of fused-ring (bicyclic) bond motifs is 1. The van der Waals surface area contributed by atoms with Gasteiger partial charge < -0.3 is 15.0 Å². The lowest BCUT2D eigenvalue weighted by molar-refractivity contribution is 0.0929. The van der Waals surface area contributed by atoms with Crippen LogP contribution in [-0.4, -0.2) is 51.5 Å². The van der Waals surface area contributed by atoms with Crippen molar-refractivity contribution in [3.63, 3.8) is 0 Å². The Morgan fingerprint density at radius 3 is 2.81 bits per heavy atom. The summed E-state index contributed by atoms with van der Waals surface area (Å²) in [5.41, 5.74) is 3.23. The van der Waals surface area contributed by atoms with Gasteiger partial charge in [0.05, 0.1) is 41.3 Å². The second-order valence-electron chi connectivity index (χ2n) is 6.55. The molecule has 1 amide bonds. The van der Waals surface area contributed by atoms with Crippen molar-refractivity contribution in [3.05, 3.63) is 46.6 Å². The van der Waals surface area contributed by atoms with Crippen LogP contribution in [-0.2, 0) is 0 Å². The molecule has 140 valence electrons. The summed E-state index contributed by atoms with van der Waals surface area (Å²) < 4.78 is 6.98. The minimum Gasteiger partial charge on any atom is -0.481 e. The van der Waals surface area contributed by atoms with Gasteiger partial charge in [0.25, 0.3) is 5.91 Å². The molecule has 0 spiro atoms. The van der Waals surface area contributed by atoms with Gasteiger partial charge >= 0.3 is 0 Å². The molecule has 0 aromatic carbocycles. The smallest absolute Gasteiger partial charge is 0.254 e. The van der Waals surface area contributed by atoms with Crippen molar-refractivity contribution in [2.45, 2.75) is 19.9 Å². The Labute approximate surface area is 161 Å².